The maximum Gasteiger partial charge on any atom is 0.423 e. The highest BCUT2D eigenvalue weighted by atomic mass is 19.1. The van der Waals surface area contributed by atoms with Crippen LogP contribution in [0.1, 0.15) is 5.69 Å². The summed E-state index contributed by atoms with van der Waals surface area (Å²) < 4.78 is 12.7. The summed E-state index contributed by atoms with van der Waals surface area (Å²) in [5, 5.41) is 26.0. The van der Waals surface area contributed by atoms with Gasteiger partial charge in [-0.15, -0.1) is 0 Å². The predicted octanol–water partition coefficient (Wildman–Crippen LogP) is -1.35. The van der Waals surface area contributed by atoms with Gasteiger partial charge in [0.05, 0.1) is 0 Å². The smallest absolute Gasteiger partial charge is 0.423 e. The predicted molar refractivity (Wildman–Crippen MR) is 41.0 cm³/mol. The minimum absolute atomic E-state index is 0.398. The number of hydrogen-bond acceptors (Lipinski definition) is 4. The van der Waals surface area contributed by atoms with Gasteiger partial charge in [-0.1, -0.05) is 0 Å². The standard InChI is InChI=1S/C6H8BFNO3/c1-4-2-3-5(8)6(9-4)7(10,11)12/h2-3,10-12H,1H3/q-1. The van der Waals surface area contributed by atoms with Crippen LogP contribution >= 0.6 is 0 Å². The Labute approximate surface area is 68.3 Å². The van der Waals surface area contributed by atoms with Gasteiger partial charge in [0.15, 0.2) is 0 Å². The lowest BCUT2D eigenvalue weighted by atomic mass is 9.75. The molecule has 6 heteroatoms. The van der Waals surface area contributed by atoms with Crippen LogP contribution in [0, 0.1) is 12.7 Å². The fraction of sp³-hybridized carbons (Fsp3) is 0.167. The topological polar surface area (TPSA) is 73.6 Å². The Morgan fingerprint density at radius 1 is 1.33 bits per heavy atom. The second kappa shape index (κ2) is 2.82. The second-order valence-corrected chi connectivity index (χ2v) is 2.55. The van der Waals surface area contributed by atoms with Gasteiger partial charge in [0, 0.05) is 11.3 Å². The Bertz CT molecular complexity index is 299. The minimum atomic E-state index is -3.83. The SMILES string of the molecule is Cc1ccc(F)c([B-](O)(O)O)n1. The molecule has 12 heavy (non-hydrogen) atoms. The monoisotopic (exact) mass is 172 g/mol. The fourth-order valence-electron chi connectivity index (χ4n) is 0.831. The van der Waals surface area contributed by atoms with E-state index in [1.54, 1.807) is 6.92 Å². The molecular formula is C6H8BFNO3-. The van der Waals surface area contributed by atoms with E-state index >= 15 is 0 Å². The van der Waals surface area contributed by atoms with E-state index in [0.717, 1.165) is 6.07 Å². The molecule has 0 unspecified atom stereocenters. The Balaban J connectivity index is 3.23. The first-order valence-corrected chi connectivity index (χ1v) is 3.36. The third kappa shape index (κ3) is 1.79. The summed E-state index contributed by atoms with van der Waals surface area (Å²) in [5.41, 5.74) is -0.329. The van der Waals surface area contributed by atoms with E-state index in [1.807, 2.05) is 0 Å². The molecule has 1 aromatic heterocycles. The molecule has 0 radical (unpaired) electrons. The number of halogens is 1. The van der Waals surface area contributed by atoms with E-state index in [0.29, 0.717) is 5.69 Å². The summed E-state index contributed by atoms with van der Waals surface area (Å²) >= 11 is 0. The van der Waals surface area contributed by atoms with Crippen LogP contribution in [0.5, 0.6) is 0 Å². The molecule has 1 aromatic rings. The molecule has 0 saturated heterocycles. The fourth-order valence-corrected chi connectivity index (χ4v) is 0.831. The first kappa shape index (κ1) is 9.12. The molecule has 0 aliphatic carbocycles. The highest BCUT2D eigenvalue weighted by Gasteiger charge is 2.23. The lowest BCUT2D eigenvalue weighted by molar-refractivity contribution is 0.246. The van der Waals surface area contributed by atoms with Crippen molar-refractivity contribution in [1.82, 2.24) is 4.98 Å². The van der Waals surface area contributed by atoms with Crippen LogP contribution in [0.4, 0.5) is 4.39 Å². The molecule has 1 rings (SSSR count). The number of hydrogen-bond donors (Lipinski definition) is 3. The van der Waals surface area contributed by atoms with E-state index in [4.69, 9.17) is 15.1 Å². The van der Waals surface area contributed by atoms with E-state index in [9.17, 15) is 4.39 Å². The average Bonchev–Trinajstić information content (AvgIpc) is 1.92. The Kier molecular flexibility index (Phi) is 2.14. The largest absolute Gasteiger partial charge is 0.555 e. The Morgan fingerprint density at radius 2 is 1.92 bits per heavy atom. The van der Waals surface area contributed by atoms with Crippen molar-refractivity contribution in [2.45, 2.75) is 6.92 Å². The zero-order valence-corrected chi connectivity index (χ0v) is 6.40. The molecule has 1 heterocycles. The molecule has 4 nitrogen and oxygen atoms in total. The van der Waals surface area contributed by atoms with Crippen molar-refractivity contribution in [2.75, 3.05) is 0 Å². The molecule has 0 bridgehead atoms. The molecule has 0 aromatic carbocycles. The van der Waals surface area contributed by atoms with Crippen LogP contribution in [0.25, 0.3) is 0 Å². The average molecular weight is 172 g/mol. The summed E-state index contributed by atoms with van der Waals surface area (Å²) in [7, 11) is 0. The number of pyridine rings is 1. The summed E-state index contributed by atoms with van der Waals surface area (Å²) in [5.74, 6) is -0.937. The quantitative estimate of drug-likeness (QED) is 0.458. The van der Waals surface area contributed by atoms with Crippen LogP contribution < -0.4 is 5.59 Å². The third-order valence-electron chi connectivity index (χ3n) is 1.38. The normalized spacial score (nSPS) is 11.8. The molecular weight excluding hydrogens is 164 g/mol. The van der Waals surface area contributed by atoms with Crippen molar-refractivity contribution in [1.29, 1.82) is 0 Å². The van der Waals surface area contributed by atoms with E-state index in [-0.39, 0.29) is 0 Å². The van der Waals surface area contributed by atoms with Gasteiger partial charge in [0.1, 0.15) is 5.82 Å². The van der Waals surface area contributed by atoms with E-state index in [2.05, 4.69) is 4.98 Å². The van der Waals surface area contributed by atoms with Crippen LogP contribution in [0.15, 0.2) is 12.1 Å². The summed E-state index contributed by atoms with van der Waals surface area (Å²) in [6, 6.07) is 2.37. The van der Waals surface area contributed by atoms with Crippen molar-refractivity contribution >= 4 is 12.3 Å². The number of aromatic nitrogens is 1. The highest BCUT2D eigenvalue weighted by Crippen LogP contribution is 1.98. The molecule has 0 atom stereocenters. The molecule has 0 fully saturated rings. The van der Waals surface area contributed by atoms with Gasteiger partial charge in [-0.05, 0) is 19.1 Å². The van der Waals surface area contributed by atoms with Crippen molar-refractivity contribution < 1.29 is 19.5 Å². The van der Waals surface area contributed by atoms with E-state index < -0.39 is 18.2 Å². The maximum atomic E-state index is 12.7. The second-order valence-electron chi connectivity index (χ2n) is 2.55. The summed E-state index contributed by atoms with van der Waals surface area (Å²) in [4.78, 5) is 3.45. The van der Waals surface area contributed by atoms with Gasteiger partial charge < -0.3 is 15.1 Å². The molecule has 0 aliphatic heterocycles. The first-order valence-electron chi connectivity index (χ1n) is 3.36. The van der Waals surface area contributed by atoms with Crippen molar-refractivity contribution in [2.24, 2.45) is 0 Å². The van der Waals surface area contributed by atoms with Gasteiger partial charge in [-0.2, -0.15) is 0 Å². The third-order valence-corrected chi connectivity index (χ3v) is 1.38. The lowest BCUT2D eigenvalue weighted by Crippen LogP contribution is -2.52. The Hall–Kier alpha value is -0.975. The molecule has 3 N–H and O–H groups in total. The van der Waals surface area contributed by atoms with Gasteiger partial charge in [0.2, 0.25) is 0 Å². The highest BCUT2D eigenvalue weighted by molar-refractivity contribution is 6.70. The summed E-state index contributed by atoms with van der Waals surface area (Å²) in [6.45, 7) is -2.29. The zero-order chi connectivity index (χ0) is 9.35. The van der Waals surface area contributed by atoms with Crippen molar-refractivity contribution in [3.63, 3.8) is 0 Å². The number of rotatable bonds is 1. The van der Waals surface area contributed by atoms with Crippen molar-refractivity contribution in [3.05, 3.63) is 23.6 Å². The lowest BCUT2D eigenvalue weighted by Gasteiger charge is -2.20. The zero-order valence-electron chi connectivity index (χ0n) is 6.40. The molecule has 0 saturated carbocycles. The van der Waals surface area contributed by atoms with Crippen molar-refractivity contribution in [3.8, 4) is 0 Å². The van der Waals surface area contributed by atoms with E-state index in [1.165, 1.54) is 6.07 Å². The summed E-state index contributed by atoms with van der Waals surface area (Å²) in [6.07, 6.45) is 0. The van der Waals surface area contributed by atoms with Gasteiger partial charge in [-0.3, -0.25) is 4.98 Å². The van der Waals surface area contributed by atoms with Gasteiger partial charge in [0.25, 0.3) is 0 Å². The van der Waals surface area contributed by atoms with Gasteiger partial charge >= 0.3 is 6.75 Å². The maximum absolute atomic E-state index is 12.7. The number of nitrogens with zero attached hydrogens (tertiary/aromatic N) is 1. The number of aryl methyl sites for hydroxylation is 1. The van der Waals surface area contributed by atoms with Gasteiger partial charge in [-0.25, -0.2) is 4.39 Å². The minimum Gasteiger partial charge on any atom is -0.555 e. The molecule has 0 spiro atoms. The molecule has 0 amide bonds. The first-order chi connectivity index (χ1) is 5.41. The van der Waals surface area contributed by atoms with Crippen LogP contribution in [0.2, 0.25) is 0 Å². The molecule has 0 aliphatic rings. The molecule has 66 valence electrons. The van der Waals surface area contributed by atoms with Crippen LogP contribution in [-0.4, -0.2) is 26.8 Å². The van der Waals surface area contributed by atoms with Crippen LogP contribution in [-0.2, 0) is 0 Å². The van der Waals surface area contributed by atoms with Crippen LogP contribution in [0.3, 0.4) is 0 Å². The Morgan fingerprint density at radius 3 is 2.33 bits per heavy atom.